The number of primary amides is 1. The first kappa shape index (κ1) is 127. The molecule has 5 aliphatic rings. The zero-order valence-electron chi connectivity index (χ0n) is 83.4. The number of aliphatic hydroxyl groups excluding tert-OH is 12. The molecule has 150 heavy (non-hydrogen) atoms. The normalized spacial score (nSPS) is 27.3. The van der Waals surface area contributed by atoms with Crippen LogP contribution in [-0.4, -0.2) is 462 Å². The SMILES string of the molecule is COC(=O)[C@@]1(OC[C@H]2O[C@H](O[C@H](C)[C@H](NC(=O)[C@H](C)NC(=O)[C@H](CS)NC(=O)[C@H](Cc3ccccc3)NC(=O)CNC(=O)[C@H](CO)NC(=O)[C@H](CCCN=C(N)N)NC(=O)[C@H](CC(=O)N[C@@H]3O[C@H](CO)[C@@H](O[C@@H]4O[C@H](CO)[C@@H](O)[C@H](O)[C@H]4NC(C)=O)[C@H](O)[C@H]3NC(C)=O)NC(=O)[C@H](C)NC(=O)[C@@H](N)CS)C(=O)N[C@@H](C)C(=O)N[C@@H](C)C(=O)N3CCC[C@H]3C(N)=O)[C@H](NC(C)=O)[C@@H](O)[C@H]2O)C[C@H](O)[C@@H](NC(C)=O)[C@H]([C@H](O)[C@H](O)CO)O1. The van der Waals surface area contributed by atoms with Gasteiger partial charge in [0.15, 0.2) is 24.8 Å². The van der Waals surface area contributed by atoms with Gasteiger partial charge < -0.3 is 212 Å². The number of nitrogens with zero attached hydrogens (tertiary/aromatic N) is 2. The van der Waals surface area contributed by atoms with Crippen LogP contribution < -0.4 is 108 Å². The van der Waals surface area contributed by atoms with Crippen LogP contribution in [0.15, 0.2) is 35.3 Å². The monoisotopic (exact) mass is 2180 g/mol. The summed E-state index contributed by atoms with van der Waals surface area (Å²) in [5, 5.41) is 168. The van der Waals surface area contributed by atoms with Crippen molar-refractivity contribution in [3.05, 3.63) is 35.9 Å². The maximum atomic E-state index is 14.8. The fourth-order valence-electron chi connectivity index (χ4n) is 16.4. The molecule has 5 aliphatic heterocycles. The Labute approximate surface area is 869 Å². The van der Waals surface area contributed by atoms with Crippen molar-refractivity contribution < 1.29 is 190 Å². The molecule has 6 rings (SSSR count). The first-order valence-corrected chi connectivity index (χ1v) is 48.7. The molecule has 0 aromatic heterocycles. The lowest BCUT2D eigenvalue weighted by molar-refractivity contribution is -0.333. The van der Waals surface area contributed by atoms with Gasteiger partial charge in [-0.3, -0.25) is 91.3 Å². The van der Waals surface area contributed by atoms with Crippen molar-refractivity contribution in [2.75, 3.05) is 71.3 Å². The van der Waals surface area contributed by atoms with Crippen LogP contribution in [0.4, 0.5) is 0 Å². The molecule has 63 heteroatoms. The summed E-state index contributed by atoms with van der Waals surface area (Å²) in [6, 6.07) is -19.2. The molecule has 18 amide bonds. The Morgan fingerprint density at radius 1 is 0.533 bits per heavy atom. The highest BCUT2D eigenvalue weighted by Crippen LogP contribution is 2.37. The summed E-state index contributed by atoms with van der Waals surface area (Å²) in [5.41, 5.74) is 22.8. The number of hydrogen-bond acceptors (Lipinski definition) is 43. The summed E-state index contributed by atoms with van der Waals surface area (Å²) in [6.45, 7) is 3.08. The molecule has 1 aromatic rings. The fraction of sp³-hybridized carbons (Fsp3) is 0.701. The number of hydrogen-bond donors (Lipinski definition) is 34. The minimum atomic E-state index is -2.85. The van der Waals surface area contributed by atoms with E-state index in [0.29, 0.717) is 12.0 Å². The summed E-state index contributed by atoms with van der Waals surface area (Å²) in [6.07, 6.45) is -35.4. The zero-order chi connectivity index (χ0) is 112. The maximum Gasteiger partial charge on any atom is 0.366 e. The predicted octanol–water partition coefficient (Wildman–Crippen LogP) is -19.0. The number of carbonyl (C=O) groups excluding carboxylic acids is 19. The van der Waals surface area contributed by atoms with Crippen LogP contribution in [0, 0.1) is 0 Å². The van der Waals surface area contributed by atoms with Crippen molar-refractivity contribution in [2.24, 2.45) is 27.9 Å². The van der Waals surface area contributed by atoms with Gasteiger partial charge in [0.1, 0.15) is 158 Å². The van der Waals surface area contributed by atoms with Crippen LogP contribution in [-0.2, 0) is 135 Å². The number of aliphatic imine (C=N–C) groups is 1. The van der Waals surface area contributed by atoms with Gasteiger partial charge >= 0.3 is 5.97 Å². The molecule has 1 aromatic carbocycles. The van der Waals surface area contributed by atoms with Gasteiger partial charge in [0.25, 0.3) is 5.79 Å². The number of likely N-dealkylation sites (tertiary alicyclic amines) is 1. The van der Waals surface area contributed by atoms with Crippen molar-refractivity contribution in [1.82, 2.24) is 90.0 Å². The highest BCUT2D eigenvalue weighted by atomic mass is 32.1. The van der Waals surface area contributed by atoms with E-state index in [4.69, 9.17) is 60.8 Å². The molecule has 0 aliphatic carbocycles. The van der Waals surface area contributed by atoms with Crippen molar-refractivity contribution in [2.45, 2.75) is 314 Å². The number of ether oxygens (including phenoxy) is 8. The summed E-state index contributed by atoms with van der Waals surface area (Å²) in [7, 11) is 0.843. The number of thiol groups is 2. The van der Waals surface area contributed by atoms with Crippen LogP contribution in [0.3, 0.4) is 0 Å². The number of nitrogens with two attached hydrogens (primary N) is 4. The second-order valence-corrected chi connectivity index (χ2v) is 36.9. The zero-order valence-corrected chi connectivity index (χ0v) is 85.2. The maximum absolute atomic E-state index is 14.8. The second-order valence-electron chi connectivity index (χ2n) is 36.1. The molecule has 5 saturated heterocycles. The average molecular weight is 2180 g/mol. The Kier molecular flexibility index (Phi) is 50.7. The van der Waals surface area contributed by atoms with Gasteiger partial charge in [0.2, 0.25) is 106 Å². The molecule has 0 saturated carbocycles. The van der Waals surface area contributed by atoms with Crippen molar-refractivity contribution in [3.63, 3.8) is 0 Å². The first-order valence-electron chi connectivity index (χ1n) is 47.5. The third-order valence-electron chi connectivity index (χ3n) is 24.4. The molecule has 36 N–H and O–H groups in total. The van der Waals surface area contributed by atoms with Gasteiger partial charge in [-0.2, -0.15) is 25.3 Å². The lowest BCUT2D eigenvalue weighted by Crippen LogP contribution is -2.71. The van der Waals surface area contributed by atoms with Crippen molar-refractivity contribution >= 4 is 144 Å². The van der Waals surface area contributed by atoms with Gasteiger partial charge in [0, 0.05) is 65.1 Å². The number of amides is 18. The fourth-order valence-corrected chi connectivity index (χ4v) is 16.8. The number of guanidine groups is 1. The molecule has 34 atom stereocenters. The number of esters is 1. The number of rotatable bonds is 54. The van der Waals surface area contributed by atoms with Crippen LogP contribution in [0.25, 0.3) is 0 Å². The smallest absolute Gasteiger partial charge is 0.366 e. The van der Waals surface area contributed by atoms with E-state index in [2.05, 4.69) is 115 Å². The Morgan fingerprint density at radius 2 is 1.05 bits per heavy atom. The molecule has 61 nitrogen and oxygen atoms in total. The Hall–Kier alpha value is -11.7. The van der Waals surface area contributed by atoms with Gasteiger partial charge in [-0.05, 0) is 65.9 Å². The lowest BCUT2D eigenvalue weighted by atomic mass is 9.88. The molecular formula is C87H140N22O39S2. The summed E-state index contributed by atoms with van der Waals surface area (Å²) in [5.74, 6) is -24.8. The van der Waals surface area contributed by atoms with Gasteiger partial charge in [0.05, 0.1) is 77.4 Å². The van der Waals surface area contributed by atoms with Crippen molar-refractivity contribution in [1.29, 1.82) is 0 Å². The molecular weight excluding hydrogens is 2040 g/mol. The van der Waals surface area contributed by atoms with Crippen LogP contribution in [0.2, 0.25) is 0 Å². The first-order chi connectivity index (χ1) is 70.5. The van der Waals surface area contributed by atoms with E-state index in [9.17, 15) is 152 Å². The minimum absolute atomic E-state index is 0.103. The van der Waals surface area contributed by atoms with E-state index in [1.54, 1.807) is 18.2 Å². The van der Waals surface area contributed by atoms with Crippen LogP contribution >= 0.6 is 25.3 Å². The molecule has 0 unspecified atom stereocenters. The van der Waals surface area contributed by atoms with Gasteiger partial charge in [-0.1, -0.05) is 30.3 Å². The van der Waals surface area contributed by atoms with E-state index < -0.39 is 390 Å². The third-order valence-corrected chi connectivity index (χ3v) is 25.2. The molecule has 844 valence electrons. The highest BCUT2D eigenvalue weighted by molar-refractivity contribution is 7.80. The highest BCUT2D eigenvalue weighted by Gasteiger charge is 2.59. The molecule has 0 bridgehead atoms. The Morgan fingerprint density at radius 3 is 1.61 bits per heavy atom. The summed E-state index contributed by atoms with van der Waals surface area (Å²) >= 11 is 8.26. The molecule has 0 spiro atoms. The number of aliphatic hydroxyl groups is 12. The summed E-state index contributed by atoms with van der Waals surface area (Å²) < 4.78 is 46.6. The van der Waals surface area contributed by atoms with E-state index in [0.717, 1.165) is 62.5 Å². The minimum Gasteiger partial charge on any atom is -0.465 e. The lowest BCUT2D eigenvalue weighted by Gasteiger charge is -2.48. The van der Waals surface area contributed by atoms with Gasteiger partial charge in [-0.25, -0.2) is 4.79 Å². The number of nitrogens with one attached hydrogen (secondary N) is 16. The van der Waals surface area contributed by atoms with E-state index >= 15 is 0 Å². The van der Waals surface area contributed by atoms with Crippen LogP contribution in [0.5, 0.6) is 0 Å². The number of benzene rings is 1. The average Bonchev–Trinajstić information content (AvgIpc) is 0.790. The third kappa shape index (κ3) is 36.3. The molecule has 0 radical (unpaired) electrons. The Balaban J connectivity index is 1.22. The second kappa shape index (κ2) is 59.9. The topological polar surface area (TPSA) is 953 Å². The predicted molar refractivity (Wildman–Crippen MR) is 516 cm³/mol. The standard InChI is InChI=1S/C87H140N22O39S2/c1-33(71(129)97-36(4)82(139)109-21-15-19-49(109)70(89)128)96-80(138)57(37(5)143-83-60(100-40(8)116)66(126)64(124)54(146-83)30-142-87(85(140)141-10)24-50(118)58(98-38(6)114)69(148-87)62(122)51(119)27-111)108-73(131)35(3)95-79(137)48(32-150)106-77(135)45(22-42-16-12-11-13-17-42)102-56(121)25-93-75(133)47(26-110)105-76(134)44(18-14-20-92-86(90)91)103-78(136)46(104-72(130)34(2)94-74(132)43(88)31-149)23-55(120)107-81-59(99-39(7)115)67(127)68(53(29-113)144-81)147-84-61(101-41(9)117)65(125)63(123)52(28-112)145-84/h11-13,16-17,33-37,43-54,57-69,81,83-84,110-113,118-119,122-127,149-150H,14-15,18-32,88H2,1-10H3,(H2,89,128)(H,93,133)(H,94,132)(H,95,137)(H,96,138)(H,97,129)(H,98,114)(H,99,115)(H,100,116)(H,101,117)(H,102,121)(H,103,136)(H,104,130)(H,105,134)(H,106,135)(H,107,120)(H,108,131)(H4,90,91,92)/t33-,34-,35-,36-,37+,43-,44-,45-,46-,47-,48-,49-,50-,51+,52+,53+,54+,57-,58+,59+,60+,61+,62+,63+,64-,65+,66+,67+,68+,69+,81+,83-,84-,87+/m0/s1. The number of carbonyl (C=O) groups is 19. The molecule has 5 fully saturated rings. The van der Waals surface area contributed by atoms with E-state index in [-0.39, 0.29) is 38.1 Å². The summed E-state index contributed by atoms with van der Waals surface area (Å²) in [4.78, 5) is 266. The largest absolute Gasteiger partial charge is 0.465 e. The number of methoxy groups -OCH3 is 1. The van der Waals surface area contributed by atoms with Crippen molar-refractivity contribution in [3.8, 4) is 0 Å². The van der Waals surface area contributed by atoms with Crippen LogP contribution in [0.1, 0.15) is 106 Å². The van der Waals surface area contributed by atoms with E-state index in [1.165, 1.54) is 24.0 Å². The quantitative estimate of drug-likeness (QED) is 0.00947. The Bertz CT molecular complexity index is 4840. The van der Waals surface area contributed by atoms with Gasteiger partial charge in [-0.15, -0.1) is 0 Å². The molecule has 5 heterocycles. The van der Waals surface area contributed by atoms with E-state index in [1.807, 2.05) is 0 Å².